The first-order valence-corrected chi connectivity index (χ1v) is 10.1. The van der Waals surface area contributed by atoms with Crippen LogP contribution in [0.4, 0.5) is 0 Å². The van der Waals surface area contributed by atoms with E-state index in [1.807, 2.05) is 24.3 Å². The summed E-state index contributed by atoms with van der Waals surface area (Å²) in [6.45, 7) is 4.35. The van der Waals surface area contributed by atoms with E-state index < -0.39 is 0 Å². The Morgan fingerprint density at radius 3 is 2.58 bits per heavy atom. The Balaban J connectivity index is 1.58. The Hall–Kier alpha value is -1.87. The molecule has 138 valence electrons. The van der Waals surface area contributed by atoms with Crippen LogP contribution < -0.4 is 4.74 Å². The zero-order chi connectivity index (χ0) is 18.1. The summed E-state index contributed by atoms with van der Waals surface area (Å²) in [6, 6.07) is 12.9. The van der Waals surface area contributed by atoms with E-state index >= 15 is 0 Å². The van der Waals surface area contributed by atoms with Crippen LogP contribution in [0.25, 0.3) is 10.8 Å². The lowest BCUT2D eigenvalue weighted by atomic mass is 9.77. The van der Waals surface area contributed by atoms with Gasteiger partial charge in [0.2, 0.25) is 0 Å². The average molecular weight is 351 g/mol. The fourth-order valence-corrected chi connectivity index (χ4v) is 4.61. The highest BCUT2D eigenvalue weighted by molar-refractivity contribution is 6.01. The van der Waals surface area contributed by atoms with Gasteiger partial charge in [-0.1, -0.05) is 38.0 Å². The Morgan fingerprint density at radius 1 is 1.12 bits per heavy atom. The lowest BCUT2D eigenvalue weighted by Gasteiger charge is -2.44. The zero-order valence-electron chi connectivity index (χ0n) is 15.9. The van der Waals surface area contributed by atoms with Gasteiger partial charge in [0, 0.05) is 24.1 Å². The molecule has 0 spiro atoms. The van der Waals surface area contributed by atoms with Crippen molar-refractivity contribution >= 4 is 16.6 Å². The molecular weight excluding hydrogens is 322 g/mol. The van der Waals surface area contributed by atoms with Gasteiger partial charge in [-0.05, 0) is 60.7 Å². The second-order valence-corrected chi connectivity index (χ2v) is 7.94. The van der Waals surface area contributed by atoms with Crippen molar-refractivity contribution < 1.29 is 9.53 Å². The number of carbonyl (C=O) groups excluding carboxylic acids is 1. The topological polar surface area (TPSA) is 29.5 Å². The van der Waals surface area contributed by atoms with Crippen LogP contribution in [0.3, 0.4) is 0 Å². The summed E-state index contributed by atoms with van der Waals surface area (Å²) in [5, 5.41) is 2.23. The highest BCUT2D eigenvalue weighted by Gasteiger charge is 2.37. The van der Waals surface area contributed by atoms with Crippen molar-refractivity contribution in [3.63, 3.8) is 0 Å². The molecule has 1 saturated carbocycles. The van der Waals surface area contributed by atoms with Crippen LogP contribution in [-0.4, -0.2) is 36.9 Å². The molecule has 2 aromatic rings. The van der Waals surface area contributed by atoms with E-state index in [0.29, 0.717) is 11.7 Å². The molecule has 2 atom stereocenters. The van der Waals surface area contributed by atoms with Crippen molar-refractivity contribution in [2.45, 2.75) is 45.1 Å². The molecule has 26 heavy (non-hydrogen) atoms. The number of methoxy groups -OCH3 is 1. The van der Waals surface area contributed by atoms with Crippen molar-refractivity contribution in [3.05, 3.63) is 42.0 Å². The zero-order valence-corrected chi connectivity index (χ0v) is 15.9. The van der Waals surface area contributed by atoms with Gasteiger partial charge in [0.05, 0.1) is 7.11 Å². The molecule has 0 unspecified atom stereocenters. The minimum Gasteiger partial charge on any atom is -0.497 e. The largest absolute Gasteiger partial charge is 0.497 e. The van der Waals surface area contributed by atoms with Crippen LogP contribution in [0.1, 0.15) is 49.4 Å². The van der Waals surface area contributed by atoms with Gasteiger partial charge >= 0.3 is 0 Å². The number of ketones is 1. The maximum atomic E-state index is 13.4. The number of ether oxygens (including phenoxy) is 1. The maximum absolute atomic E-state index is 13.4. The SMILES string of the molecule is CC[C@H]1CCN(C2CCC2)C[C@@H]1C(=O)c1ccc2cc(OC)ccc2c1. The Morgan fingerprint density at radius 2 is 1.88 bits per heavy atom. The van der Waals surface area contributed by atoms with Gasteiger partial charge in [0.25, 0.3) is 0 Å². The molecule has 1 aliphatic heterocycles. The van der Waals surface area contributed by atoms with Gasteiger partial charge in [0.1, 0.15) is 5.75 Å². The highest BCUT2D eigenvalue weighted by atomic mass is 16.5. The van der Waals surface area contributed by atoms with Gasteiger partial charge < -0.3 is 4.74 Å². The third-order valence-electron chi connectivity index (χ3n) is 6.57. The molecule has 3 nitrogen and oxygen atoms in total. The van der Waals surface area contributed by atoms with Crippen LogP contribution in [0.15, 0.2) is 36.4 Å². The van der Waals surface area contributed by atoms with E-state index in [-0.39, 0.29) is 5.92 Å². The minimum atomic E-state index is 0.144. The number of benzene rings is 2. The predicted molar refractivity (Wildman–Crippen MR) is 106 cm³/mol. The van der Waals surface area contributed by atoms with Crippen LogP contribution >= 0.6 is 0 Å². The molecule has 0 amide bonds. The number of carbonyl (C=O) groups is 1. The normalized spacial score (nSPS) is 24.4. The number of likely N-dealkylation sites (tertiary alicyclic amines) is 1. The van der Waals surface area contributed by atoms with E-state index in [9.17, 15) is 4.79 Å². The summed E-state index contributed by atoms with van der Waals surface area (Å²) in [6.07, 6.45) is 6.24. The summed E-state index contributed by atoms with van der Waals surface area (Å²) >= 11 is 0. The first-order valence-electron chi connectivity index (χ1n) is 10.1. The second-order valence-electron chi connectivity index (χ2n) is 7.94. The van der Waals surface area contributed by atoms with Crippen molar-refractivity contribution in [3.8, 4) is 5.75 Å². The lowest BCUT2D eigenvalue weighted by molar-refractivity contribution is 0.0401. The molecule has 1 saturated heterocycles. The summed E-state index contributed by atoms with van der Waals surface area (Å²) in [5.74, 6) is 1.85. The van der Waals surface area contributed by atoms with E-state index in [1.54, 1.807) is 7.11 Å². The predicted octanol–water partition coefficient (Wildman–Crippen LogP) is 4.93. The monoisotopic (exact) mass is 351 g/mol. The quantitative estimate of drug-likeness (QED) is 0.715. The van der Waals surface area contributed by atoms with Crippen molar-refractivity contribution in [2.75, 3.05) is 20.2 Å². The molecule has 0 bridgehead atoms. The number of rotatable bonds is 5. The molecule has 4 rings (SSSR count). The van der Waals surface area contributed by atoms with Gasteiger partial charge in [-0.15, -0.1) is 0 Å². The lowest BCUT2D eigenvalue weighted by Crippen LogP contribution is -2.50. The third-order valence-corrected chi connectivity index (χ3v) is 6.57. The molecule has 3 heteroatoms. The molecular formula is C23H29NO2. The Labute approximate surface area is 156 Å². The smallest absolute Gasteiger partial charge is 0.167 e. The average Bonchev–Trinajstić information content (AvgIpc) is 2.65. The molecule has 2 fully saturated rings. The number of nitrogens with zero attached hydrogens (tertiary/aromatic N) is 1. The minimum absolute atomic E-state index is 0.144. The van der Waals surface area contributed by atoms with E-state index in [1.165, 1.54) is 25.8 Å². The van der Waals surface area contributed by atoms with Crippen LogP contribution in [0.5, 0.6) is 5.75 Å². The Bertz CT molecular complexity index is 796. The number of hydrogen-bond acceptors (Lipinski definition) is 3. The van der Waals surface area contributed by atoms with E-state index in [2.05, 4.69) is 24.0 Å². The van der Waals surface area contributed by atoms with Gasteiger partial charge in [0.15, 0.2) is 5.78 Å². The first-order chi connectivity index (χ1) is 12.7. The molecule has 2 aromatic carbocycles. The number of Topliss-reactive ketones (excluding diaryl/α,β-unsaturated/α-hetero) is 1. The molecule has 0 radical (unpaired) electrons. The van der Waals surface area contributed by atoms with Crippen molar-refractivity contribution in [1.82, 2.24) is 4.90 Å². The van der Waals surface area contributed by atoms with Crippen molar-refractivity contribution in [2.24, 2.45) is 11.8 Å². The van der Waals surface area contributed by atoms with Crippen LogP contribution in [0, 0.1) is 11.8 Å². The highest BCUT2D eigenvalue weighted by Crippen LogP contribution is 2.35. The summed E-state index contributed by atoms with van der Waals surface area (Å²) in [7, 11) is 1.68. The molecule has 1 heterocycles. The van der Waals surface area contributed by atoms with E-state index in [0.717, 1.165) is 47.5 Å². The summed E-state index contributed by atoms with van der Waals surface area (Å²) in [4.78, 5) is 15.9. The molecule has 0 aromatic heterocycles. The number of piperidine rings is 1. The maximum Gasteiger partial charge on any atom is 0.167 e. The second kappa shape index (κ2) is 7.40. The standard InChI is InChI=1S/C23H29NO2/c1-3-16-11-12-24(20-5-4-6-20)15-22(16)23(25)19-8-7-18-14-21(26-2)10-9-17(18)13-19/h7-10,13-14,16,20,22H,3-6,11-12,15H2,1-2H3/t16-,22-/m0/s1. The van der Waals surface area contributed by atoms with Crippen LogP contribution in [-0.2, 0) is 0 Å². The van der Waals surface area contributed by atoms with Gasteiger partial charge in [-0.3, -0.25) is 9.69 Å². The molecule has 0 N–H and O–H groups in total. The number of fused-ring (bicyclic) bond motifs is 1. The summed E-state index contributed by atoms with van der Waals surface area (Å²) < 4.78 is 5.30. The van der Waals surface area contributed by atoms with Gasteiger partial charge in [-0.25, -0.2) is 0 Å². The first kappa shape index (κ1) is 17.5. The van der Waals surface area contributed by atoms with Gasteiger partial charge in [-0.2, -0.15) is 0 Å². The fraction of sp³-hybridized carbons (Fsp3) is 0.522. The molecule has 1 aliphatic carbocycles. The Kier molecular flexibility index (Phi) is 4.99. The van der Waals surface area contributed by atoms with Crippen LogP contribution in [0.2, 0.25) is 0 Å². The summed E-state index contributed by atoms with van der Waals surface area (Å²) in [5.41, 5.74) is 0.863. The third kappa shape index (κ3) is 3.25. The van der Waals surface area contributed by atoms with Crippen molar-refractivity contribution in [1.29, 1.82) is 0 Å². The number of hydrogen-bond donors (Lipinski definition) is 0. The molecule has 2 aliphatic rings. The fourth-order valence-electron chi connectivity index (χ4n) is 4.61. The van der Waals surface area contributed by atoms with E-state index in [4.69, 9.17) is 4.74 Å².